The Morgan fingerprint density at radius 2 is 2.00 bits per heavy atom. The average Bonchev–Trinajstić information content (AvgIpc) is 3.59. The molecule has 3 saturated heterocycles. The van der Waals surface area contributed by atoms with Crippen molar-refractivity contribution in [3.05, 3.63) is 40.4 Å². The molecule has 5 heterocycles. The van der Waals surface area contributed by atoms with Gasteiger partial charge >= 0.3 is 6.01 Å². The van der Waals surface area contributed by atoms with Crippen molar-refractivity contribution in [2.45, 2.75) is 50.2 Å². The van der Waals surface area contributed by atoms with Crippen molar-refractivity contribution < 1.29 is 17.9 Å². The number of hydrogen-bond donors (Lipinski definition) is 1. The van der Waals surface area contributed by atoms with E-state index < -0.39 is 23.3 Å². The van der Waals surface area contributed by atoms with Crippen molar-refractivity contribution >= 4 is 54.7 Å². The highest BCUT2D eigenvalue weighted by molar-refractivity contribution is 7.23. The van der Waals surface area contributed by atoms with Crippen LogP contribution in [0.25, 0.3) is 32.1 Å². The van der Waals surface area contributed by atoms with Crippen LogP contribution in [0.2, 0.25) is 5.02 Å². The number of benzene rings is 2. The van der Waals surface area contributed by atoms with Gasteiger partial charge in [-0.3, -0.25) is 4.90 Å². The lowest BCUT2D eigenvalue weighted by atomic mass is 9.95. The summed E-state index contributed by atoms with van der Waals surface area (Å²) in [4.78, 5) is 13.3. The second-order valence-corrected chi connectivity index (χ2v) is 13.6. The van der Waals surface area contributed by atoms with Crippen molar-refractivity contribution in [1.29, 1.82) is 10.5 Å². The number of nitrogens with two attached hydrogens (primary N) is 1. The Bertz CT molecular complexity index is 1920. The number of anilines is 2. The number of alkyl halides is 1. The lowest BCUT2D eigenvalue weighted by molar-refractivity contribution is 0.107. The normalized spacial score (nSPS) is 23.6. The van der Waals surface area contributed by atoms with Crippen molar-refractivity contribution in [3.63, 3.8) is 0 Å². The summed E-state index contributed by atoms with van der Waals surface area (Å²) < 4.78 is 52.5. The summed E-state index contributed by atoms with van der Waals surface area (Å²) in [6, 6.07) is 8.46. The van der Waals surface area contributed by atoms with Crippen LogP contribution in [0.15, 0.2) is 18.2 Å². The molecule has 8 nitrogen and oxygen atoms in total. The number of nitriles is 2. The Kier molecular flexibility index (Phi) is 7.63. The van der Waals surface area contributed by atoms with Crippen LogP contribution in [-0.2, 0) is 0 Å². The Balaban J connectivity index is 1.40. The van der Waals surface area contributed by atoms with Gasteiger partial charge in [-0.2, -0.15) is 20.5 Å². The zero-order chi connectivity index (χ0) is 31.5. The Morgan fingerprint density at radius 1 is 1.16 bits per heavy atom. The Labute approximate surface area is 266 Å². The third-order valence-corrected chi connectivity index (χ3v) is 10.8. The van der Waals surface area contributed by atoms with Gasteiger partial charge in [-0.25, -0.2) is 13.2 Å². The molecule has 0 bridgehead atoms. The van der Waals surface area contributed by atoms with Gasteiger partial charge in [-0.05, 0) is 49.9 Å². The maximum atomic E-state index is 16.9. The van der Waals surface area contributed by atoms with Crippen LogP contribution in [0.4, 0.5) is 24.0 Å². The highest BCUT2D eigenvalue weighted by Gasteiger charge is 2.49. The first-order chi connectivity index (χ1) is 21.7. The fourth-order valence-corrected chi connectivity index (χ4v) is 8.55. The van der Waals surface area contributed by atoms with E-state index >= 15 is 4.39 Å². The smallest absolute Gasteiger partial charge is 0.319 e. The standard InChI is InChI=1S/C32H29ClF3N7OS/c33-22-10-20-27(26(36)25(22)19-5-6-23(35)28-24(19)21(13-38)29(39)45-28)40-31(41-30(20)42-8-2-1-4-17(12-37)14-42)44-16-32-7-3-9-43(32)15-18(34)11-32/h5-6,10,17-18H,1-4,7-9,11,14-16,39H2/t17-,18-,32+/m1/s1. The van der Waals surface area contributed by atoms with Crippen LogP contribution in [0.3, 0.4) is 0 Å². The first kappa shape index (κ1) is 29.8. The molecule has 2 N–H and O–H groups in total. The van der Waals surface area contributed by atoms with E-state index in [0.717, 1.165) is 50.0 Å². The molecular formula is C32H29ClF3N7OS. The molecule has 0 aliphatic carbocycles. The third kappa shape index (κ3) is 5.00. The van der Waals surface area contributed by atoms with Gasteiger partial charge in [-0.15, -0.1) is 11.3 Å². The van der Waals surface area contributed by atoms with Crippen molar-refractivity contribution in [2.75, 3.05) is 43.4 Å². The molecule has 0 radical (unpaired) electrons. The molecule has 13 heteroatoms. The molecule has 3 fully saturated rings. The maximum absolute atomic E-state index is 16.9. The minimum atomic E-state index is -0.943. The summed E-state index contributed by atoms with van der Waals surface area (Å²) >= 11 is 7.72. The summed E-state index contributed by atoms with van der Waals surface area (Å²) in [7, 11) is 0. The van der Waals surface area contributed by atoms with Crippen molar-refractivity contribution in [3.8, 4) is 29.3 Å². The number of thiophene rings is 1. The number of nitrogens with zero attached hydrogens (tertiary/aromatic N) is 6. The molecule has 4 aromatic rings. The highest BCUT2D eigenvalue weighted by Crippen LogP contribution is 2.46. The first-order valence-electron chi connectivity index (χ1n) is 15.0. The molecule has 0 saturated carbocycles. The number of hydrogen-bond acceptors (Lipinski definition) is 9. The van der Waals surface area contributed by atoms with Crippen LogP contribution in [0.5, 0.6) is 6.01 Å². The van der Waals surface area contributed by atoms with Crippen LogP contribution in [0, 0.1) is 40.2 Å². The number of fused-ring (bicyclic) bond motifs is 3. The van der Waals surface area contributed by atoms with Crippen LogP contribution in [0.1, 0.15) is 44.1 Å². The van der Waals surface area contributed by atoms with E-state index in [0.29, 0.717) is 37.3 Å². The molecule has 0 spiro atoms. The zero-order valence-corrected chi connectivity index (χ0v) is 25.8. The molecule has 45 heavy (non-hydrogen) atoms. The van der Waals surface area contributed by atoms with Gasteiger partial charge in [0, 0.05) is 42.4 Å². The molecule has 2 aromatic carbocycles. The summed E-state index contributed by atoms with van der Waals surface area (Å²) in [5.74, 6) is -1.22. The van der Waals surface area contributed by atoms with Crippen molar-refractivity contribution in [1.82, 2.24) is 14.9 Å². The van der Waals surface area contributed by atoms with Crippen LogP contribution >= 0.6 is 22.9 Å². The van der Waals surface area contributed by atoms with E-state index in [2.05, 4.69) is 16.0 Å². The fourth-order valence-electron chi connectivity index (χ4n) is 7.31. The monoisotopic (exact) mass is 651 g/mol. The van der Waals surface area contributed by atoms with E-state index in [9.17, 15) is 19.3 Å². The molecule has 232 valence electrons. The number of aromatic nitrogens is 2. The van der Waals surface area contributed by atoms with Gasteiger partial charge < -0.3 is 15.4 Å². The van der Waals surface area contributed by atoms with E-state index in [1.807, 2.05) is 11.0 Å². The minimum Gasteiger partial charge on any atom is -0.461 e. The summed E-state index contributed by atoms with van der Waals surface area (Å²) in [5, 5.41) is 20.2. The molecule has 3 aliphatic rings. The largest absolute Gasteiger partial charge is 0.461 e. The summed E-state index contributed by atoms with van der Waals surface area (Å²) in [5.41, 5.74) is 5.71. The number of halogens is 4. The van der Waals surface area contributed by atoms with E-state index in [4.69, 9.17) is 27.1 Å². The molecular weight excluding hydrogens is 623 g/mol. The molecule has 2 aromatic heterocycles. The summed E-state index contributed by atoms with van der Waals surface area (Å²) in [6.07, 6.45) is 3.55. The Hall–Kier alpha value is -3.84. The SMILES string of the molecule is N#Cc1c(N)sc2c(F)ccc(-c3c(Cl)cc4c(N5CCCC[C@H](C#N)C5)nc(OC[C@@]56CCCN5C[C@H](F)C6)nc4c3F)c12. The topological polar surface area (TPSA) is 115 Å². The Morgan fingerprint density at radius 3 is 2.80 bits per heavy atom. The predicted molar refractivity (Wildman–Crippen MR) is 168 cm³/mol. The number of nitrogen functional groups attached to an aromatic ring is 1. The average molecular weight is 652 g/mol. The van der Waals surface area contributed by atoms with E-state index in [-0.39, 0.29) is 60.9 Å². The second-order valence-electron chi connectivity index (χ2n) is 12.2. The lowest BCUT2D eigenvalue weighted by Gasteiger charge is -2.31. The fraction of sp³-hybridized carbons (Fsp3) is 0.438. The van der Waals surface area contributed by atoms with Gasteiger partial charge in [0.05, 0.1) is 32.8 Å². The minimum absolute atomic E-state index is 0.0205. The van der Waals surface area contributed by atoms with E-state index in [1.165, 1.54) is 12.1 Å². The third-order valence-electron chi connectivity index (χ3n) is 9.43. The molecule has 0 unspecified atom stereocenters. The van der Waals surface area contributed by atoms with Gasteiger partial charge in [0.1, 0.15) is 41.0 Å². The van der Waals surface area contributed by atoms with E-state index in [1.54, 1.807) is 6.07 Å². The zero-order valence-electron chi connectivity index (χ0n) is 24.3. The quantitative estimate of drug-likeness (QED) is 0.246. The van der Waals surface area contributed by atoms with Crippen LogP contribution < -0.4 is 15.4 Å². The molecule has 0 amide bonds. The van der Waals surface area contributed by atoms with Gasteiger partial charge in [0.15, 0.2) is 5.82 Å². The first-order valence-corrected chi connectivity index (χ1v) is 16.2. The van der Waals surface area contributed by atoms with Crippen molar-refractivity contribution in [2.24, 2.45) is 5.92 Å². The second kappa shape index (κ2) is 11.5. The lowest BCUT2D eigenvalue weighted by Crippen LogP contribution is -2.43. The molecule has 7 rings (SSSR count). The highest BCUT2D eigenvalue weighted by atomic mass is 35.5. The number of ether oxygens (including phenoxy) is 1. The van der Waals surface area contributed by atoms with Gasteiger partial charge in [-0.1, -0.05) is 24.1 Å². The van der Waals surface area contributed by atoms with Gasteiger partial charge in [0.25, 0.3) is 0 Å². The summed E-state index contributed by atoms with van der Waals surface area (Å²) in [6.45, 7) is 2.28. The molecule has 3 atom stereocenters. The maximum Gasteiger partial charge on any atom is 0.319 e. The van der Waals surface area contributed by atoms with Crippen LogP contribution in [-0.4, -0.2) is 59.4 Å². The number of rotatable bonds is 5. The van der Waals surface area contributed by atoms with Gasteiger partial charge in [0.2, 0.25) is 0 Å². The predicted octanol–water partition coefficient (Wildman–Crippen LogP) is 6.98. The molecule has 3 aliphatic heterocycles.